The summed E-state index contributed by atoms with van der Waals surface area (Å²) in [5.41, 5.74) is 1.17. The van der Waals surface area contributed by atoms with E-state index in [1.165, 1.54) is 18.7 Å². The van der Waals surface area contributed by atoms with Gasteiger partial charge in [-0.2, -0.15) is 0 Å². The second-order valence-corrected chi connectivity index (χ2v) is 2.44. The lowest BCUT2D eigenvalue weighted by molar-refractivity contribution is -0.140. The van der Waals surface area contributed by atoms with Gasteiger partial charge in [0, 0.05) is 18.4 Å². The van der Waals surface area contributed by atoms with Crippen LogP contribution in [0.25, 0.3) is 0 Å². The van der Waals surface area contributed by atoms with Gasteiger partial charge in [0.1, 0.15) is 0 Å². The molecule has 68 valence electrons. The van der Waals surface area contributed by atoms with Crippen molar-refractivity contribution >= 4 is 23.4 Å². The monoisotopic (exact) mass is 190 g/mol. The van der Waals surface area contributed by atoms with Gasteiger partial charge in [0.15, 0.2) is 5.78 Å². The molecule has 0 atom stereocenters. The summed E-state index contributed by atoms with van der Waals surface area (Å²) < 4.78 is 4.40. The van der Waals surface area contributed by atoms with Crippen LogP contribution in [0.3, 0.4) is 0 Å². The molecule has 0 aliphatic heterocycles. The number of carbonyl (C=O) groups is 2. The minimum absolute atomic E-state index is 0.0751. The normalized spacial score (nSPS) is 10.2. The topological polar surface area (TPSA) is 43.4 Å². The highest BCUT2D eigenvalue weighted by atomic mass is 35.5. The van der Waals surface area contributed by atoms with Crippen molar-refractivity contribution in [3.63, 3.8) is 0 Å². The van der Waals surface area contributed by atoms with Crippen LogP contribution in [0.5, 0.6) is 0 Å². The molecule has 0 aromatic carbocycles. The van der Waals surface area contributed by atoms with E-state index in [0.29, 0.717) is 12.8 Å². The molecule has 0 fully saturated rings. The second kappa shape index (κ2) is 6.85. The number of esters is 1. The van der Waals surface area contributed by atoms with Crippen LogP contribution in [-0.4, -0.2) is 18.9 Å². The van der Waals surface area contributed by atoms with Crippen LogP contribution in [-0.2, 0) is 14.3 Å². The molecule has 0 aromatic rings. The van der Waals surface area contributed by atoms with E-state index in [0.717, 1.165) is 0 Å². The van der Waals surface area contributed by atoms with E-state index in [2.05, 4.69) is 4.74 Å². The zero-order valence-electron chi connectivity index (χ0n) is 6.88. The summed E-state index contributed by atoms with van der Waals surface area (Å²) in [6, 6.07) is 0. The molecular formula is C8H11ClO3. The lowest BCUT2D eigenvalue weighted by Crippen LogP contribution is -2.01. The van der Waals surface area contributed by atoms with Crippen LogP contribution >= 0.6 is 11.6 Å². The van der Waals surface area contributed by atoms with Crippen molar-refractivity contribution in [3.8, 4) is 0 Å². The van der Waals surface area contributed by atoms with Crippen LogP contribution in [0.4, 0.5) is 0 Å². The van der Waals surface area contributed by atoms with E-state index in [9.17, 15) is 9.59 Å². The van der Waals surface area contributed by atoms with E-state index in [1.807, 2.05) is 0 Å². The van der Waals surface area contributed by atoms with Gasteiger partial charge in [-0.1, -0.05) is 11.6 Å². The van der Waals surface area contributed by atoms with Crippen molar-refractivity contribution in [1.82, 2.24) is 0 Å². The van der Waals surface area contributed by atoms with Crippen LogP contribution in [0.1, 0.15) is 19.3 Å². The van der Waals surface area contributed by atoms with Crippen molar-refractivity contribution in [3.05, 3.63) is 11.6 Å². The van der Waals surface area contributed by atoms with E-state index < -0.39 is 0 Å². The van der Waals surface area contributed by atoms with Crippen molar-refractivity contribution in [2.45, 2.75) is 19.3 Å². The third-order valence-corrected chi connectivity index (χ3v) is 1.41. The SMILES string of the molecule is COC(=O)CCCC(=O)/C=C/Cl. The smallest absolute Gasteiger partial charge is 0.305 e. The highest BCUT2D eigenvalue weighted by Gasteiger charge is 2.01. The number of ether oxygens (including phenoxy) is 1. The van der Waals surface area contributed by atoms with Crippen LogP contribution in [0, 0.1) is 0 Å². The predicted octanol–water partition coefficient (Wildman–Crippen LogP) is 1.65. The van der Waals surface area contributed by atoms with Gasteiger partial charge in [-0.3, -0.25) is 9.59 Å². The number of halogens is 1. The first kappa shape index (κ1) is 11.2. The fraction of sp³-hybridized carbons (Fsp3) is 0.500. The van der Waals surface area contributed by atoms with Gasteiger partial charge in [0.2, 0.25) is 0 Å². The van der Waals surface area contributed by atoms with Gasteiger partial charge in [-0.05, 0) is 12.5 Å². The highest BCUT2D eigenvalue weighted by Crippen LogP contribution is 1.99. The molecule has 4 heteroatoms. The Morgan fingerprint density at radius 1 is 1.42 bits per heavy atom. The molecule has 0 saturated carbocycles. The molecule has 0 aliphatic rings. The average Bonchev–Trinajstić information content (AvgIpc) is 2.04. The Morgan fingerprint density at radius 3 is 2.58 bits per heavy atom. The van der Waals surface area contributed by atoms with Crippen molar-refractivity contribution in [2.75, 3.05) is 7.11 Å². The Morgan fingerprint density at radius 2 is 2.08 bits per heavy atom. The maximum Gasteiger partial charge on any atom is 0.305 e. The average molecular weight is 191 g/mol. The quantitative estimate of drug-likeness (QED) is 0.489. The summed E-state index contributed by atoms with van der Waals surface area (Å²) in [6.07, 6.45) is 2.39. The maximum atomic E-state index is 10.8. The Hall–Kier alpha value is -0.830. The van der Waals surface area contributed by atoms with Gasteiger partial charge in [0.25, 0.3) is 0 Å². The number of rotatable bonds is 5. The van der Waals surface area contributed by atoms with Gasteiger partial charge in [-0.15, -0.1) is 0 Å². The molecule has 0 N–H and O–H groups in total. The van der Waals surface area contributed by atoms with Gasteiger partial charge in [0.05, 0.1) is 7.11 Å². The number of allylic oxidation sites excluding steroid dienone is 1. The number of methoxy groups -OCH3 is 1. The van der Waals surface area contributed by atoms with Crippen molar-refractivity contribution in [2.24, 2.45) is 0 Å². The molecule has 0 unspecified atom stereocenters. The molecule has 12 heavy (non-hydrogen) atoms. The Bertz CT molecular complexity index is 187. The molecule has 0 rings (SSSR count). The van der Waals surface area contributed by atoms with Gasteiger partial charge < -0.3 is 4.74 Å². The molecular weight excluding hydrogens is 180 g/mol. The first-order valence-electron chi connectivity index (χ1n) is 3.57. The summed E-state index contributed by atoms with van der Waals surface area (Å²) in [7, 11) is 1.32. The highest BCUT2D eigenvalue weighted by molar-refractivity contribution is 6.26. The van der Waals surface area contributed by atoms with E-state index >= 15 is 0 Å². The lowest BCUT2D eigenvalue weighted by atomic mass is 10.2. The molecule has 0 spiro atoms. The van der Waals surface area contributed by atoms with Crippen molar-refractivity contribution in [1.29, 1.82) is 0 Å². The Labute approximate surface area is 76.3 Å². The first-order chi connectivity index (χ1) is 5.70. The van der Waals surface area contributed by atoms with Crippen LogP contribution in [0.2, 0.25) is 0 Å². The number of hydrogen-bond donors (Lipinski definition) is 0. The molecule has 0 aromatic heterocycles. The summed E-state index contributed by atoms with van der Waals surface area (Å²) in [5.74, 6) is -0.369. The number of ketones is 1. The maximum absolute atomic E-state index is 10.8. The molecule has 0 saturated heterocycles. The Kier molecular flexibility index (Phi) is 6.38. The molecule has 0 bridgehead atoms. The molecule has 0 radical (unpaired) electrons. The molecule has 0 aliphatic carbocycles. The fourth-order valence-electron chi connectivity index (χ4n) is 0.663. The zero-order valence-corrected chi connectivity index (χ0v) is 7.63. The standard InChI is InChI=1S/C8H11ClO3/c1-12-8(11)4-2-3-7(10)5-6-9/h5-6H,2-4H2,1H3/b6-5+. The minimum atomic E-state index is -0.294. The summed E-state index contributed by atoms with van der Waals surface area (Å²) >= 11 is 5.17. The zero-order chi connectivity index (χ0) is 9.40. The third-order valence-electron chi connectivity index (χ3n) is 1.28. The van der Waals surface area contributed by atoms with E-state index in [1.54, 1.807) is 0 Å². The van der Waals surface area contributed by atoms with Crippen LogP contribution in [0.15, 0.2) is 11.6 Å². The predicted molar refractivity (Wildman–Crippen MR) is 45.9 cm³/mol. The van der Waals surface area contributed by atoms with E-state index in [-0.39, 0.29) is 18.2 Å². The van der Waals surface area contributed by atoms with E-state index in [4.69, 9.17) is 11.6 Å². The molecule has 3 nitrogen and oxygen atoms in total. The lowest BCUT2D eigenvalue weighted by Gasteiger charge is -1.96. The molecule has 0 amide bonds. The number of hydrogen-bond acceptors (Lipinski definition) is 3. The Balaban J connectivity index is 3.43. The van der Waals surface area contributed by atoms with Gasteiger partial charge in [-0.25, -0.2) is 0 Å². The fourth-order valence-corrected chi connectivity index (χ4v) is 0.803. The first-order valence-corrected chi connectivity index (χ1v) is 4.00. The summed E-state index contributed by atoms with van der Waals surface area (Å²) in [4.78, 5) is 21.4. The summed E-state index contributed by atoms with van der Waals surface area (Å²) in [5, 5.41) is 0. The largest absolute Gasteiger partial charge is 0.469 e. The third kappa shape index (κ3) is 5.92. The number of carbonyl (C=O) groups excluding carboxylic acids is 2. The molecule has 0 heterocycles. The summed E-state index contributed by atoms with van der Waals surface area (Å²) in [6.45, 7) is 0. The minimum Gasteiger partial charge on any atom is -0.469 e. The second-order valence-electron chi connectivity index (χ2n) is 2.19. The van der Waals surface area contributed by atoms with Crippen molar-refractivity contribution < 1.29 is 14.3 Å². The van der Waals surface area contributed by atoms with Crippen LogP contribution < -0.4 is 0 Å². The van der Waals surface area contributed by atoms with Gasteiger partial charge >= 0.3 is 5.97 Å².